The quantitative estimate of drug-likeness (QED) is 0.904. The lowest BCUT2D eigenvalue weighted by Crippen LogP contribution is -2.47. The van der Waals surface area contributed by atoms with E-state index in [9.17, 15) is 4.79 Å². The van der Waals surface area contributed by atoms with Gasteiger partial charge in [0.05, 0.1) is 12.0 Å². The number of piperidine rings is 1. The number of oxazole rings is 1. The summed E-state index contributed by atoms with van der Waals surface area (Å²) in [4.78, 5) is 17.0. The minimum atomic E-state index is -0.466. The lowest BCUT2D eigenvalue weighted by molar-refractivity contribution is -0.130. The third-order valence-corrected chi connectivity index (χ3v) is 4.22. The molecule has 1 aliphatic heterocycles. The van der Waals surface area contributed by atoms with E-state index in [1.807, 2.05) is 18.2 Å². The van der Waals surface area contributed by atoms with E-state index in [0.717, 1.165) is 37.1 Å². The van der Waals surface area contributed by atoms with Crippen LogP contribution in [0.25, 0.3) is 11.1 Å². The van der Waals surface area contributed by atoms with Gasteiger partial charge in [-0.05, 0) is 38.1 Å². The molecule has 1 fully saturated rings. The van der Waals surface area contributed by atoms with Gasteiger partial charge in [-0.2, -0.15) is 0 Å². The Morgan fingerprint density at radius 2 is 2.23 bits per heavy atom. The lowest BCUT2D eigenvalue weighted by atomic mass is 9.78. The summed E-state index contributed by atoms with van der Waals surface area (Å²) in [5, 5.41) is 6.29. The SMILES string of the molecule is COCC1(C(=O)Nc2ccc3nc(C)oc3c2)CCNCC1. The number of benzene rings is 1. The Morgan fingerprint density at radius 3 is 2.95 bits per heavy atom. The molecular formula is C16H21N3O3. The van der Waals surface area contributed by atoms with Crippen molar-refractivity contribution in [1.82, 2.24) is 10.3 Å². The number of carbonyl (C=O) groups excluding carboxylic acids is 1. The Morgan fingerprint density at radius 1 is 1.45 bits per heavy atom. The number of aromatic nitrogens is 1. The molecule has 1 amide bonds. The third kappa shape index (κ3) is 2.84. The number of ether oxygens (including phenoxy) is 1. The fraction of sp³-hybridized carbons (Fsp3) is 0.500. The first-order valence-electron chi connectivity index (χ1n) is 7.51. The van der Waals surface area contributed by atoms with Gasteiger partial charge in [0.25, 0.3) is 0 Å². The van der Waals surface area contributed by atoms with E-state index in [-0.39, 0.29) is 5.91 Å². The fourth-order valence-electron chi connectivity index (χ4n) is 3.00. The van der Waals surface area contributed by atoms with Crippen molar-refractivity contribution < 1.29 is 13.9 Å². The van der Waals surface area contributed by atoms with Gasteiger partial charge in [0.15, 0.2) is 11.5 Å². The van der Waals surface area contributed by atoms with Crippen molar-refractivity contribution in [2.24, 2.45) is 5.41 Å². The van der Waals surface area contributed by atoms with Crippen molar-refractivity contribution in [2.45, 2.75) is 19.8 Å². The molecule has 0 bridgehead atoms. The topological polar surface area (TPSA) is 76.4 Å². The Bertz CT molecular complexity index is 669. The van der Waals surface area contributed by atoms with Crippen LogP contribution in [0.1, 0.15) is 18.7 Å². The van der Waals surface area contributed by atoms with E-state index in [4.69, 9.17) is 9.15 Å². The summed E-state index contributed by atoms with van der Waals surface area (Å²) in [5.74, 6) is 0.624. The predicted molar refractivity (Wildman–Crippen MR) is 83.8 cm³/mol. The average Bonchev–Trinajstić information content (AvgIpc) is 2.88. The molecule has 2 aromatic rings. The second-order valence-electron chi connectivity index (χ2n) is 5.83. The maximum atomic E-state index is 12.8. The van der Waals surface area contributed by atoms with Crippen LogP contribution in [0, 0.1) is 12.3 Å². The Balaban J connectivity index is 1.81. The largest absolute Gasteiger partial charge is 0.441 e. The zero-order valence-corrected chi connectivity index (χ0v) is 12.9. The molecule has 2 heterocycles. The van der Waals surface area contributed by atoms with E-state index >= 15 is 0 Å². The van der Waals surface area contributed by atoms with Crippen LogP contribution in [0.15, 0.2) is 22.6 Å². The maximum absolute atomic E-state index is 12.8. The molecule has 6 heteroatoms. The number of carbonyl (C=O) groups is 1. The molecule has 0 aliphatic carbocycles. The summed E-state index contributed by atoms with van der Waals surface area (Å²) in [5.41, 5.74) is 1.74. The van der Waals surface area contributed by atoms with Crippen LogP contribution in [0.3, 0.4) is 0 Å². The highest BCUT2D eigenvalue weighted by atomic mass is 16.5. The molecule has 118 valence electrons. The molecule has 0 atom stereocenters. The average molecular weight is 303 g/mol. The highest BCUT2D eigenvalue weighted by Crippen LogP contribution is 2.31. The summed E-state index contributed by atoms with van der Waals surface area (Å²) in [6.07, 6.45) is 1.55. The van der Waals surface area contributed by atoms with Crippen LogP contribution in [-0.4, -0.2) is 37.7 Å². The lowest BCUT2D eigenvalue weighted by Gasteiger charge is -2.35. The Hall–Kier alpha value is -1.92. The highest BCUT2D eigenvalue weighted by Gasteiger charge is 2.39. The normalized spacial score (nSPS) is 17.5. The second kappa shape index (κ2) is 6.06. The molecule has 0 radical (unpaired) electrons. The van der Waals surface area contributed by atoms with E-state index in [1.54, 1.807) is 14.0 Å². The smallest absolute Gasteiger partial charge is 0.233 e. The standard InChI is InChI=1S/C16H21N3O3/c1-11-18-13-4-3-12(9-14(13)22-11)19-15(20)16(10-21-2)5-7-17-8-6-16/h3-4,9,17H,5-8,10H2,1-2H3,(H,19,20). The summed E-state index contributed by atoms with van der Waals surface area (Å²) in [7, 11) is 1.64. The summed E-state index contributed by atoms with van der Waals surface area (Å²) in [6, 6.07) is 5.52. The fourth-order valence-corrected chi connectivity index (χ4v) is 3.00. The van der Waals surface area contributed by atoms with Gasteiger partial charge in [0.1, 0.15) is 5.52 Å². The van der Waals surface area contributed by atoms with Crippen LogP contribution in [0.5, 0.6) is 0 Å². The number of rotatable bonds is 4. The molecule has 1 aliphatic rings. The van der Waals surface area contributed by atoms with Gasteiger partial charge in [-0.1, -0.05) is 0 Å². The van der Waals surface area contributed by atoms with Gasteiger partial charge >= 0.3 is 0 Å². The minimum absolute atomic E-state index is 0.00596. The third-order valence-electron chi connectivity index (χ3n) is 4.22. The number of fused-ring (bicyclic) bond motifs is 1. The van der Waals surface area contributed by atoms with Gasteiger partial charge in [-0.3, -0.25) is 4.79 Å². The number of aryl methyl sites for hydroxylation is 1. The van der Waals surface area contributed by atoms with Crippen LogP contribution in [0.4, 0.5) is 5.69 Å². The summed E-state index contributed by atoms with van der Waals surface area (Å²) in [6.45, 7) is 3.90. The summed E-state index contributed by atoms with van der Waals surface area (Å²) >= 11 is 0. The van der Waals surface area contributed by atoms with Gasteiger partial charge < -0.3 is 19.8 Å². The number of hydrogen-bond donors (Lipinski definition) is 2. The molecule has 1 aromatic heterocycles. The van der Waals surface area contributed by atoms with Crippen molar-refractivity contribution in [3.63, 3.8) is 0 Å². The number of methoxy groups -OCH3 is 1. The molecule has 1 saturated heterocycles. The number of nitrogens with one attached hydrogen (secondary N) is 2. The first kappa shape index (κ1) is 15.0. The van der Waals surface area contributed by atoms with Gasteiger partial charge in [-0.15, -0.1) is 0 Å². The van der Waals surface area contributed by atoms with Crippen molar-refractivity contribution in [3.8, 4) is 0 Å². The molecule has 0 spiro atoms. The minimum Gasteiger partial charge on any atom is -0.441 e. The van der Waals surface area contributed by atoms with E-state index in [2.05, 4.69) is 15.6 Å². The van der Waals surface area contributed by atoms with Gasteiger partial charge in [0.2, 0.25) is 5.91 Å². The van der Waals surface area contributed by atoms with Crippen molar-refractivity contribution in [2.75, 3.05) is 32.1 Å². The molecule has 2 N–H and O–H groups in total. The number of hydrogen-bond acceptors (Lipinski definition) is 5. The number of amides is 1. The Kier molecular flexibility index (Phi) is 4.13. The zero-order chi connectivity index (χ0) is 15.6. The van der Waals surface area contributed by atoms with Crippen LogP contribution >= 0.6 is 0 Å². The number of nitrogens with zero attached hydrogens (tertiary/aromatic N) is 1. The monoisotopic (exact) mass is 303 g/mol. The first-order chi connectivity index (χ1) is 10.6. The van der Waals surface area contributed by atoms with Crippen LogP contribution < -0.4 is 10.6 Å². The molecule has 22 heavy (non-hydrogen) atoms. The van der Waals surface area contributed by atoms with Crippen LogP contribution in [0.2, 0.25) is 0 Å². The number of anilines is 1. The predicted octanol–water partition coefficient (Wildman–Crippen LogP) is 2.09. The van der Waals surface area contributed by atoms with Gasteiger partial charge in [0, 0.05) is 25.8 Å². The maximum Gasteiger partial charge on any atom is 0.233 e. The second-order valence-corrected chi connectivity index (χ2v) is 5.83. The molecule has 3 rings (SSSR count). The molecular weight excluding hydrogens is 282 g/mol. The highest BCUT2D eigenvalue weighted by molar-refractivity contribution is 5.96. The molecule has 1 aromatic carbocycles. The van der Waals surface area contributed by atoms with E-state index in [0.29, 0.717) is 18.1 Å². The molecule has 0 unspecified atom stereocenters. The summed E-state index contributed by atoms with van der Waals surface area (Å²) < 4.78 is 10.8. The van der Waals surface area contributed by atoms with Gasteiger partial charge in [-0.25, -0.2) is 4.98 Å². The zero-order valence-electron chi connectivity index (χ0n) is 12.9. The van der Waals surface area contributed by atoms with E-state index < -0.39 is 5.41 Å². The van der Waals surface area contributed by atoms with Crippen molar-refractivity contribution in [3.05, 3.63) is 24.1 Å². The van der Waals surface area contributed by atoms with Crippen molar-refractivity contribution >= 4 is 22.7 Å². The first-order valence-corrected chi connectivity index (χ1v) is 7.51. The van der Waals surface area contributed by atoms with Crippen LogP contribution in [-0.2, 0) is 9.53 Å². The molecule has 6 nitrogen and oxygen atoms in total. The molecule has 0 saturated carbocycles. The van der Waals surface area contributed by atoms with E-state index in [1.165, 1.54) is 0 Å². The Labute approximate surface area is 129 Å². The van der Waals surface area contributed by atoms with Crippen molar-refractivity contribution in [1.29, 1.82) is 0 Å².